The highest BCUT2D eigenvalue weighted by molar-refractivity contribution is 7.89. The van der Waals surface area contributed by atoms with E-state index in [9.17, 15) is 13.2 Å². The lowest BCUT2D eigenvalue weighted by molar-refractivity contribution is 0.0932. The summed E-state index contributed by atoms with van der Waals surface area (Å²) in [5, 5.41) is 7.72. The molecule has 0 aliphatic heterocycles. The van der Waals surface area contributed by atoms with E-state index in [4.69, 9.17) is 0 Å². The topological polar surface area (TPSA) is 84.3 Å². The van der Waals surface area contributed by atoms with Crippen molar-refractivity contribution in [1.82, 2.24) is 19.4 Å². The Morgan fingerprint density at radius 1 is 1.18 bits per heavy atom. The van der Waals surface area contributed by atoms with E-state index in [1.165, 1.54) is 30.0 Å². The minimum Gasteiger partial charge on any atom is -0.345 e. The minimum atomic E-state index is -3.65. The van der Waals surface area contributed by atoms with Gasteiger partial charge >= 0.3 is 0 Å². The molecule has 1 aliphatic carbocycles. The van der Waals surface area contributed by atoms with Crippen LogP contribution in [0, 0.1) is 13.8 Å². The molecule has 2 aromatic carbocycles. The Kier molecular flexibility index (Phi) is 6.41. The Balaban J connectivity index is 1.59. The molecule has 1 aliphatic rings. The molecular formula is C25H30N4O3S. The summed E-state index contributed by atoms with van der Waals surface area (Å²) < 4.78 is 28.7. The number of amides is 1. The molecular weight excluding hydrogens is 436 g/mol. The molecule has 1 N–H and O–H groups in total. The number of hydrogen-bond acceptors (Lipinski definition) is 4. The molecule has 1 amide bonds. The standard InChI is InChI=1S/C25H30N4O3S/c1-17-13-20(14-24(18(17)2)33(31,32)28(3)4)25(30)27-22-11-8-12-23-21(22)15-26-29(23)16-19-9-6-5-7-10-19/h5-7,9-10,13-15,22H,8,11-12,16H2,1-4H3,(H,27,30). The lowest BCUT2D eigenvalue weighted by Gasteiger charge is -2.25. The number of carbonyl (C=O) groups excluding carboxylic acids is 1. The lowest BCUT2D eigenvalue weighted by Crippen LogP contribution is -2.31. The maximum Gasteiger partial charge on any atom is 0.251 e. The quantitative estimate of drug-likeness (QED) is 0.602. The van der Waals surface area contributed by atoms with Crippen molar-refractivity contribution in [1.29, 1.82) is 0 Å². The third-order valence-electron chi connectivity index (χ3n) is 6.38. The van der Waals surface area contributed by atoms with Crippen LogP contribution in [-0.4, -0.2) is 42.5 Å². The van der Waals surface area contributed by atoms with Gasteiger partial charge in [-0.25, -0.2) is 12.7 Å². The number of aromatic nitrogens is 2. The van der Waals surface area contributed by atoms with Gasteiger partial charge in [-0.15, -0.1) is 0 Å². The van der Waals surface area contributed by atoms with Crippen LogP contribution in [0.25, 0.3) is 0 Å². The molecule has 4 rings (SSSR count). The van der Waals surface area contributed by atoms with E-state index in [1.54, 1.807) is 13.0 Å². The predicted molar refractivity (Wildman–Crippen MR) is 128 cm³/mol. The van der Waals surface area contributed by atoms with Crippen LogP contribution in [0.5, 0.6) is 0 Å². The van der Waals surface area contributed by atoms with Crippen molar-refractivity contribution >= 4 is 15.9 Å². The third kappa shape index (κ3) is 4.58. The highest BCUT2D eigenvalue weighted by Crippen LogP contribution is 2.31. The van der Waals surface area contributed by atoms with Crippen LogP contribution in [0.2, 0.25) is 0 Å². The van der Waals surface area contributed by atoms with Gasteiger partial charge in [-0.3, -0.25) is 9.48 Å². The molecule has 1 atom stereocenters. The molecule has 7 nitrogen and oxygen atoms in total. The molecule has 1 heterocycles. The summed E-state index contributed by atoms with van der Waals surface area (Å²) in [5.74, 6) is -0.276. The fourth-order valence-electron chi connectivity index (χ4n) is 4.33. The van der Waals surface area contributed by atoms with Crippen LogP contribution in [-0.2, 0) is 23.0 Å². The first-order valence-corrected chi connectivity index (χ1v) is 12.6. The van der Waals surface area contributed by atoms with Gasteiger partial charge in [0.05, 0.1) is 23.7 Å². The average Bonchev–Trinajstić information content (AvgIpc) is 3.19. The van der Waals surface area contributed by atoms with Crippen LogP contribution >= 0.6 is 0 Å². The van der Waals surface area contributed by atoms with E-state index in [1.807, 2.05) is 36.0 Å². The number of rotatable bonds is 6. The number of benzene rings is 2. The van der Waals surface area contributed by atoms with Crippen LogP contribution < -0.4 is 5.32 Å². The SMILES string of the molecule is Cc1cc(C(=O)NC2CCCc3c2cnn3Cc2ccccc2)cc(S(=O)(=O)N(C)C)c1C. The van der Waals surface area contributed by atoms with Crippen LogP contribution in [0.3, 0.4) is 0 Å². The van der Waals surface area contributed by atoms with E-state index < -0.39 is 10.0 Å². The summed E-state index contributed by atoms with van der Waals surface area (Å²) in [6.45, 7) is 4.29. The molecule has 174 valence electrons. The van der Waals surface area contributed by atoms with Crippen molar-refractivity contribution in [3.8, 4) is 0 Å². The minimum absolute atomic E-state index is 0.152. The number of aryl methyl sites for hydroxylation is 1. The van der Waals surface area contributed by atoms with E-state index in [-0.39, 0.29) is 16.8 Å². The van der Waals surface area contributed by atoms with Crippen molar-refractivity contribution in [3.63, 3.8) is 0 Å². The van der Waals surface area contributed by atoms with Crippen molar-refractivity contribution in [2.45, 2.75) is 50.6 Å². The van der Waals surface area contributed by atoms with Crippen molar-refractivity contribution in [2.75, 3.05) is 14.1 Å². The molecule has 1 aromatic heterocycles. The molecule has 3 aromatic rings. The molecule has 0 radical (unpaired) electrons. The van der Waals surface area contributed by atoms with Gasteiger partial charge in [0.1, 0.15) is 0 Å². The largest absolute Gasteiger partial charge is 0.345 e. The second-order valence-electron chi connectivity index (χ2n) is 8.81. The Morgan fingerprint density at radius 3 is 2.61 bits per heavy atom. The Labute approximate surface area is 195 Å². The fourth-order valence-corrected chi connectivity index (χ4v) is 5.54. The first-order chi connectivity index (χ1) is 15.7. The fraction of sp³-hybridized carbons (Fsp3) is 0.360. The van der Waals surface area contributed by atoms with Gasteiger partial charge in [0.25, 0.3) is 5.91 Å². The van der Waals surface area contributed by atoms with Crippen LogP contribution in [0.4, 0.5) is 0 Å². The van der Waals surface area contributed by atoms with Crippen LogP contribution in [0.1, 0.15) is 57.2 Å². The lowest BCUT2D eigenvalue weighted by atomic mass is 9.92. The number of sulfonamides is 1. The molecule has 1 unspecified atom stereocenters. The highest BCUT2D eigenvalue weighted by atomic mass is 32.2. The zero-order chi connectivity index (χ0) is 23.8. The third-order valence-corrected chi connectivity index (χ3v) is 8.33. The van der Waals surface area contributed by atoms with E-state index in [0.29, 0.717) is 17.7 Å². The van der Waals surface area contributed by atoms with E-state index in [0.717, 1.165) is 36.1 Å². The Bertz CT molecular complexity index is 1280. The van der Waals surface area contributed by atoms with Gasteiger partial charge in [-0.05, 0) is 61.9 Å². The first kappa shape index (κ1) is 23.2. The van der Waals surface area contributed by atoms with Crippen LogP contribution in [0.15, 0.2) is 53.6 Å². The number of nitrogens with one attached hydrogen (secondary N) is 1. The number of carbonyl (C=O) groups is 1. The number of hydrogen-bond donors (Lipinski definition) is 1. The zero-order valence-electron chi connectivity index (χ0n) is 19.5. The molecule has 33 heavy (non-hydrogen) atoms. The number of fused-ring (bicyclic) bond motifs is 1. The summed E-state index contributed by atoms with van der Waals surface area (Å²) in [6.07, 6.45) is 4.54. The highest BCUT2D eigenvalue weighted by Gasteiger charge is 2.27. The summed E-state index contributed by atoms with van der Waals surface area (Å²) in [7, 11) is -0.667. The smallest absolute Gasteiger partial charge is 0.251 e. The monoisotopic (exact) mass is 466 g/mol. The Morgan fingerprint density at radius 2 is 1.91 bits per heavy atom. The molecule has 0 spiro atoms. The summed E-state index contributed by atoms with van der Waals surface area (Å²) >= 11 is 0. The normalized spacial score (nSPS) is 16.0. The number of nitrogens with zero attached hydrogens (tertiary/aromatic N) is 3. The molecule has 0 fully saturated rings. The van der Waals surface area contributed by atoms with Gasteiger partial charge < -0.3 is 5.32 Å². The maximum absolute atomic E-state index is 13.2. The van der Waals surface area contributed by atoms with Crippen molar-refractivity contribution < 1.29 is 13.2 Å². The zero-order valence-corrected chi connectivity index (χ0v) is 20.3. The summed E-state index contributed by atoms with van der Waals surface area (Å²) in [6, 6.07) is 13.3. The van der Waals surface area contributed by atoms with Gasteiger partial charge in [0, 0.05) is 30.9 Å². The second-order valence-corrected chi connectivity index (χ2v) is 10.9. The molecule has 0 saturated carbocycles. The maximum atomic E-state index is 13.2. The van der Waals surface area contributed by atoms with E-state index in [2.05, 4.69) is 22.5 Å². The van der Waals surface area contributed by atoms with Gasteiger partial charge in [0.15, 0.2) is 0 Å². The molecule has 0 saturated heterocycles. The predicted octanol–water partition coefficient (Wildman–Crippen LogP) is 3.61. The average molecular weight is 467 g/mol. The van der Waals surface area contributed by atoms with Crippen molar-refractivity contribution in [2.24, 2.45) is 0 Å². The van der Waals surface area contributed by atoms with Gasteiger partial charge in [-0.1, -0.05) is 30.3 Å². The van der Waals surface area contributed by atoms with E-state index >= 15 is 0 Å². The van der Waals surface area contributed by atoms with Crippen molar-refractivity contribution in [3.05, 3.63) is 82.2 Å². The van der Waals surface area contributed by atoms with Gasteiger partial charge in [-0.2, -0.15) is 5.10 Å². The summed E-state index contributed by atoms with van der Waals surface area (Å²) in [4.78, 5) is 13.4. The summed E-state index contributed by atoms with van der Waals surface area (Å²) in [5.41, 5.74) is 5.13. The molecule has 8 heteroatoms. The Hall–Kier alpha value is -2.97. The second kappa shape index (κ2) is 9.11. The first-order valence-electron chi connectivity index (χ1n) is 11.1. The molecule has 0 bridgehead atoms. The van der Waals surface area contributed by atoms with Gasteiger partial charge in [0.2, 0.25) is 10.0 Å².